The third-order valence-corrected chi connectivity index (χ3v) is 17.6. The molecule has 4 aromatic heterocycles. The van der Waals surface area contributed by atoms with Crippen LogP contribution in [0.3, 0.4) is 0 Å². The third kappa shape index (κ3) is 6.20. The molecule has 78 heavy (non-hydrogen) atoms. The van der Waals surface area contributed by atoms with Gasteiger partial charge in [0.2, 0.25) is 0 Å². The van der Waals surface area contributed by atoms with Crippen molar-refractivity contribution < 1.29 is 4.74 Å². The highest BCUT2D eigenvalue weighted by Gasteiger charge is 2.42. The Hall–Kier alpha value is -8.74. The molecule has 0 amide bonds. The van der Waals surface area contributed by atoms with Crippen molar-refractivity contribution in [3.8, 4) is 34.2 Å². The minimum absolute atomic E-state index is 0.0220. The second-order valence-electron chi connectivity index (χ2n) is 25.4. The zero-order chi connectivity index (χ0) is 52.9. The number of ether oxygens (including phenoxy) is 1. The topological polar surface area (TPSA) is 28.9 Å². The van der Waals surface area contributed by atoms with E-state index in [1.54, 1.807) is 0 Å². The molecular weight excluding hydrogens is 948 g/mol. The zero-order valence-corrected chi connectivity index (χ0v) is 45.7. The summed E-state index contributed by atoms with van der Waals surface area (Å²) in [6, 6.07) is 73.4. The van der Waals surface area contributed by atoms with Gasteiger partial charge in [0, 0.05) is 71.7 Å². The Morgan fingerprint density at radius 3 is 1.32 bits per heavy atom. The number of nitrogens with zero attached hydrogens (tertiary/aromatic N) is 4. The number of rotatable bonds is 3. The summed E-state index contributed by atoms with van der Waals surface area (Å²) in [4.78, 5) is 0. The molecule has 0 N–H and O–H groups in total. The highest BCUT2D eigenvalue weighted by atomic mass is 16.5. The maximum atomic E-state index is 7.41. The van der Waals surface area contributed by atoms with Crippen LogP contribution in [0.2, 0.25) is 0 Å². The first-order chi connectivity index (χ1) is 37.6. The van der Waals surface area contributed by atoms with Gasteiger partial charge in [-0.3, -0.25) is 0 Å². The molecule has 14 aromatic rings. The van der Waals surface area contributed by atoms with Gasteiger partial charge in [-0.1, -0.05) is 172 Å². The van der Waals surface area contributed by atoms with Gasteiger partial charge in [-0.2, -0.15) is 0 Å². The molecule has 0 unspecified atom stereocenters. The molecule has 0 bridgehead atoms. The van der Waals surface area contributed by atoms with Crippen LogP contribution in [0.1, 0.15) is 79.0 Å². The molecule has 2 aliphatic rings. The largest absolute Gasteiger partial charge is 0.458 e. The molecular formula is C72H59BN4O. The molecule has 376 valence electrons. The first kappa shape index (κ1) is 45.5. The molecule has 0 saturated heterocycles. The second kappa shape index (κ2) is 15.5. The fourth-order valence-electron chi connectivity index (χ4n) is 13.8. The summed E-state index contributed by atoms with van der Waals surface area (Å²) < 4.78 is 17.5. The quantitative estimate of drug-likeness (QED) is 0.162. The van der Waals surface area contributed by atoms with Crippen molar-refractivity contribution >= 4 is 110 Å². The molecule has 0 spiro atoms. The lowest BCUT2D eigenvalue weighted by molar-refractivity contribution is 0.486. The average Bonchev–Trinajstić information content (AvgIpc) is 3.86. The van der Waals surface area contributed by atoms with Crippen LogP contribution in [-0.2, 0) is 16.2 Å². The van der Waals surface area contributed by atoms with Crippen molar-refractivity contribution in [2.45, 2.75) is 78.6 Å². The molecule has 0 atom stereocenters. The van der Waals surface area contributed by atoms with E-state index < -0.39 is 0 Å². The van der Waals surface area contributed by atoms with Gasteiger partial charge in [-0.25, -0.2) is 0 Å². The molecule has 0 saturated carbocycles. The number of hydrogen-bond acceptors (Lipinski definition) is 1. The average molecular weight is 1010 g/mol. The Balaban J connectivity index is 1.00. The monoisotopic (exact) mass is 1010 g/mol. The Bertz CT molecular complexity index is 4890. The van der Waals surface area contributed by atoms with Crippen LogP contribution >= 0.6 is 0 Å². The summed E-state index contributed by atoms with van der Waals surface area (Å²) in [5.41, 5.74) is 21.7. The van der Waals surface area contributed by atoms with E-state index >= 15 is 0 Å². The molecule has 5 nitrogen and oxygen atoms in total. The lowest BCUT2D eigenvalue weighted by Gasteiger charge is -2.35. The van der Waals surface area contributed by atoms with Crippen molar-refractivity contribution in [3.63, 3.8) is 0 Å². The van der Waals surface area contributed by atoms with Crippen LogP contribution in [0.25, 0.3) is 110 Å². The van der Waals surface area contributed by atoms with Gasteiger partial charge in [0.1, 0.15) is 11.5 Å². The second-order valence-corrected chi connectivity index (χ2v) is 25.4. The summed E-state index contributed by atoms with van der Waals surface area (Å²) in [6.45, 7) is 21.0. The predicted molar refractivity (Wildman–Crippen MR) is 331 cm³/mol. The lowest BCUT2D eigenvalue weighted by atomic mass is 9.34. The maximum Gasteiger partial charge on any atom is 0.256 e. The van der Waals surface area contributed by atoms with E-state index in [0.717, 1.165) is 45.3 Å². The van der Waals surface area contributed by atoms with E-state index in [0.29, 0.717) is 0 Å². The Morgan fingerprint density at radius 2 is 0.756 bits per heavy atom. The van der Waals surface area contributed by atoms with E-state index in [1.165, 1.54) is 109 Å². The number of para-hydroxylation sites is 4. The molecule has 6 heteroatoms. The lowest BCUT2D eigenvalue weighted by Crippen LogP contribution is -2.58. The van der Waals surface area contributed by atoms with Gasteiger partial charge in [-0.15, -0.1) is 0 Å². The molecule has 6 heterocycles. The summed E-state index contributed by atoms with van der Waals surface area (Å²) in [7, 11) is 0. The van der Waals surface area contributed by atoms with E-state index in [2.05, 4.69) is 275 Å². The fraction of sp³-hybridized carbons (Fsp3) is 0.167. The highest BCUT2D eigenvalue weighted by molar-refractivity contribution is 6.99. The molecule has 0 fully saturated rings. The van der Waals surface area contributed by atoms with E-state index in [9.17, 15) is 0 Å². The van der Waals surface area contributed by atoms with E-state index in [1.807, 2.05) is 0 Å². The van der Waals surface area contributed by atoms with Crippen LogP contribution < -0.4 is 21.1 Å². The van der Waals surface area contributed by atoms with Crippen LogP contribution in [0.15, 0.2) is 194 Å². The van der Waals surface area contributed by atoms with E-state index in [4.69, 9.17) is 4.74 Å². The standard InChI is InChI=1S/C72H59BN4O/c1-70(2,3)42-26-34-62-54(36-42)55-37-44(72(7,8)9)39-57-67(55)77(62)63-40-47(41-65-66(63)73(57)56-38-43(71(4,5)6)27-35-64(56)78-65)76-61-25-17-13-21-51(61)53-33-32-52-50-20-12-16-24-60(50)75(68(52)69(53)76)46-30-28-45(29-31-46)74-58-22-14-10-18-48(58)49-19-11-15-23-59(49)74/h10-41H,1-9H3. The van der Waals surface area contributed by atoms with Gasteiger partial charge >= 0.3 is 0 Å². The Labute approximate surface area is 454 Å². The van der Waals surface area contributed by atoms with Crippen molar-refractivity contribution in [1.82, 2.24) is 18.3 Å². The Morgan fingerprint density at radius 1 is 0.308 bits per heavy atom. The molecule has 0 radical (unpaired) electrons. The summed E-state index contributed by atoms with van der Waals surface area (Å²) in [6.07, 6.45) is 0. The van der Waals surface area contributed by atoms with Crippen LogP contribution in [0.4, 0.5) is 0 Å². The summed E-state index contributed by atoms with van der Waals surface area (Å²) in [5, 5.41) is 9.96. The highest BCUT2D eigenvalue weighted by Crippen LogP contribution is 2.46. The minimum Gasteiger partial charge on any atom is -0.458 e. The van der Waals surface area contributed by atoms with Crippen molar-refractivity contribution in [2.75, 3.05) is 0 Å². The van der Waals surface area contributed by atoms with Crippen LogP contribution in [0, 0.1) is 0 Å². The normalized spacial score (nSPS) is 13.5. The maximum absolute atomic E-state index is 7.41. The Kier molecular flexibility index (Phi) is 9.02. The van der Waals surface area contributed by atoms with Crippen molar-refractivity contribution in [1.29, 1.82) is 0 Å². The molecule has 2 aliphatic heterocycles. The molecule has 16 rings (SSSR count). The number of aromatic nitrogens is 4. The van der Waals surface area contributed by atoms with E-state index in [-0.39, 0.29) is 23.0 Å². The van der Waals surface area contributed by atoms with Crippen LogP contribution in [0.5, 0.6) is 11.5 Å². The van der Waals surface area contributed by atoms with Gasteiger partial charge in [-0.05, 0) is 128 Å². The van der Waals surface area contributed by atoms with Crippen molar-refractivity contribution in [3.05, 3.63) is 211 Å². The predicted octanol–water partition coefficient (Wildman–Crippen LogP) is 16.9. The summed E-state index contributed by atoms with van der Waals surface area (Å²) >= 11 is 0. The third-order valence-electron chi connectivity index (χ3n) is 17.6. The van der Waals surface area contributed by atoms with Gasteiger partial charge in [0.05, 0.1) is 44.3 Å². The van der Waals surface area contributed by atoms with Crippen LogP contribution in [-0.4, -0.2) is 25.0 Å². The number of hydrogen-bond donors (Lipinski definition) is 0. The molecule has 10 aromatic carbocycles. The summed E-state index contributed by atoms with van der Waals surface area (Å²) in [5.74, 6) is 1.82. The van der Waals surface area contributed by atoms with Gasteiger partial charge in [0.25, 0.3) is 6.71 Å². The minimum atomic E-state index is -0.0757. The SMILES string of the molecule is CC(C)(C)c1ccc2c(c1)B1c3c(cc(-n4c5ccccc5c5ccc6c7ccccc7n(-c7ccc(-n8c9ccccc9c9ccccc98)cc7)c6c54)cc3-n3c4ccc(C(C)(C)C)cc4c4cc(C(C)(C)C)cc1c43)O2. The smallest absolute Gasteiger partial charge is 0.256 e. The zero-order valence-electron chi connectivity index (χ0n) is 45.7. The van der Waals surface area contributed by atoms with Gasteiger partial charge in [0.15, 0.2) is 0 Å². The molecule has 0 aliphatic carbocycles. The first-order valence-electron chi connectivity index (χ1n) is 27.8. The van der Waals surface area contributed by atoms with Crippen molar-refractivity contribution in [2.24, 2.45) is 0 Å². The van der Waals surface area contributed by atoms with Gasteiger partial charge < -0.3 is 23.0 Å². The first-order valence-corrected chi connectivity index (χ1v) is 27.8. The fourth-order valence-corrected chi connectivity index (χ4v) is 13.8. The number of benzene rings is 10. The number of fused-ring (bicyclic) bond motifs is 17.